The smallest absolute Gasteiger partial charge is 0.326 e. The standard InChI is InChI=1S/C13H15BrN2O3/c1-8-4-5-10(9(14)7-8)15-13(19)16-6-2-3-11(16)12(17)18/h4-5,7,11H,2-3,6H2,1H3,(H,15,19)(H,17,18). The molecule has 19 heavy (non-hydrogen) atoms. The average molecular weight is 327 g/mol. The third-order valence-corrected chi connectivity index (χ3v) is 3.82. The lowest BCUT2D eigenvalue weighted by molar-refractivity contribution is -0.141. The van der Waals surface area contributed by atoms with Gasteiger partial charge in [0.05, 0.1) is 5.69 Å². The van der Waals surface area contributed by atoms with Crippen molar-refractivity contribution in [2.24, 2.45) is 0 Å². The molecule has 1 saturated heterocycles. The Balaban J connectivity index is 2.10. The second-order valence-corrected chi connectivity index (χ2v) is 5.46. The van der Waals surface area contributed by atoms with Crippen molar-refractivity contribution in [2.45, 2.75) is 25.8 Å². The number of carboxylic acids is 1. The molecule has 0 saturated carbocycles. The van der Waals surface area contributed by atoms with Gasteiger partial charge in [0.1, 0.15) is 6.04 Å². The van der Waals surface area contributed by atoms with Crippen LogP contribution in [0.5, 0.6) is 0 Å². The molecule has 0 aliphatic carbocycles. The fraction of sp³-hybridized carbons (Fsp3) is 0.385. The summed E-state index contributed by atoms with van der Waals surface area (Å²) in [6, 6.07) is 4.50. The van der Waals surface area contributed by atoms with E-state index in [0.29, 0.717) is 18.7 Å². The van der Waals surface area contributed by atoms with Crippen molar-refractivity contribution in [2.75, 3.05) is 11.9 Å². The Morgan fingerprint density at radius 1 is 1.47 bits per heavy atom. The highest BCUT2D eigenvalue weighted by molar-refractivity contribution is 9.10. The number of aryl methyl sites for hydroxylation is 1. The highest BCUT2D eigenvalue weighted by Crippen LogP contribution is 2.25. The molecule has 1 fully saturated rings. The molecule has 1 unspecified atom stereocenters. The van der Waals surface area contributed by atoms with E-state index < -0.39 is 12.0 Å². The van der Waals surface area contributed by atoms with Gasteiger partial charge in [0.2, 0.25) is 0 Å². The average Bonchev–Trinajstić information content (AvgIpc) is 2.82. The molecule has 102 valence electrons. The number of carbonyl (C=O) groups is 2. The van der Waals surface area contributed by atoms with Crippen molar-refractivity contribution in [3.8, 4) is 0 Å². The highest BCUT2D eigenvalue weighted by Gasteiger charge is 2.34. The summed E-state index contributed by atoms with van der Waals surface area (Å²) in [6.45, 7) is 2.43. The van der Waals surface area contributed by atoms with Crippen LogP contribution in [0.1, 0.15) is 18.4 Å². The molecule has 2 amide bonds. The molecule has 1 heterocycles. The van der Waals surface area contributed by atoms with E-state index in [1.54, 1.807) is 6.07 Å². The molecule has 2 rings (SSSR count). The first-order valence-electron chi connectivity index (χ1n) is 6.05. The van der Waals surface area contributed by atoms with Crippen molar-refractivity contribution >= 4 is 33.6 Å². The SMILES string of the molecule is Cc1ccc(NC(=O)N2CCCC2C(=O)O)c(Br)c1. The van der Waals surface area contributed by atoms with E-state index in [-0.39, 0.29) is 6.03 Å². The number of rotatable bonds is 2. The van der Waals surface area contributed by atoms with Crippen LogP contribution < -0.4 is 5.32 Å². The monoisotopic (exact) mass is 326 g/mol. The van der Waals surface area contributed by atoms with Crippen LogP contribution in [-0.4, -0.2) is 34.6 Å². The van der Waals surface area contributed by atoms with Gasteiger partial charge in [0.25, 0.3) is 0 Å². The number of likely N-dealkylation sites (tertiary alicyclic amines) is 1. The minimum Gasteiger partial charge on any atom is -0.480 e. The van der Waals surface area contributed by atoms with E-state index in [0.717, 1.165) is 16.5 Å². The third kappa shape index (κ3) is 3.07. The number of carboxylic acid groups (broad SMARTS) is 1. The molecule has 1 aromatic rings. The minimum atomic E-state index is -0.948. The fourth-order valence-corrected chi connectivity index (χ4v) is 2.77. The normalized spacial score (nSPS) is 18.4. The predicted molar refractivity (Wildman–Crippen MR) is 75.3 cm³/mol. The quantitative estimate of drug-likeness (QED) is 0.877. The minimum absolute atomic E-state index is 0.366. The predicted octanol–water partition coefficient (Wildman–Crippen LogP) is 2.84. The van der Waals surface area contributed by atoms with Crippen molar-refractivity contribution in [3.63, 3.8) is 0 Å². The van der Waals surface area contributed by atoms with Crippen molar-refractivity contribution in [3.05, 3.63) is 28.2 Å². The first kappa shape index (κ1) is 13.9. The summed E-state index contributed by atoms with van der Waals surface area (Å²) in [5, 5.41) is 11.8. The summed E-state index contributed by atoms with van der Waals surface area (Å²) in [5.41, 5.74) is 1.72. The van der Waals surface area contributed by atoms with E-state index in [1.165, 1.54) is 4.90 Å². The van der Waals surface area contributed by atoms with Gasteiger partial charge in [0.15, 0.2) is 0 Å². The van der Waals surface area contributed by atoms with Gasteiger partial charge < -0.3 is 15.3 Å². The van der Waals surface area contributed by atoms with Gasteiger partial charge in [-0.15, -0.1) is 0 Å². The number of hydrogen-bond donors (Lipinski definition) is 2. The van der Waals surface area contributed by atoms with Gasteiger partial charge in [-0.25, -0.2) is 9.59 Å². The van der Waals surface area contributed by atoms with E-state index in [9.17, 15) is 9.59 Å². The number of aliphatic carboxylic acids is 1. The topological polar surface area (TPSA) is 69.6 Å². The number of urea groups is 1. The number of amides is 2. The Morgan fingerprint density at radius 2 is 2.21 bits per heavy atom. The third-order valence-electron chi connectivity index (χ3n) is 3.16. The summed E-state index contributed by atoms with van der Waals surface area (Å²) in [5.74, 6) is -0.948. The summed E-state index contributed by atoms with van der Waals surface area (Å²) in [4.78, 5) is 24.5. The van der Waals surface area contributed by atoms with Gasteiger partial charge in [-0.3, -0.25) is 0 Å². The zero-order chi connectivity index (χ0) is 14.0. The lowest BCUT2D eigenvalue weighted by Gasteiger charge is -2.22. The van der Waals surface area contributed by atoms with E-state index in [1.807, 2.05) is 19.1 Å². The van der Waals surface area contributed by atoms with E-state index in [4.69, 9.17) is 5.11 Å². The van der Waals surface area contributed by atoms with Crippen molar-refractivity contribution in [1.29, 1.82) is 0 Å². The molecule has 5 nitrogen and oxygen atoms in total. The Hall–Kier alpha value is -1.56. The molecule has 2 N–H and O–H groups in total. The van der Waals surface area contributed by atoms with Crippen LogP contribution in [-0.2, 0) is 4.79 Å². The maximum Gasteiger partial charge on any atom is 0.326 e. The zero-order valence-electron chi connectivity index (χ0n) is 10.5. The van der Waals surface area contributed by atoms with Crippen LogP contribution in [0, 0.1) is 6.92 Å². The largest absolute Gasteiger partial charge is 0.480 e. The first-order chi connectivity index (χ1) is 8.99. The maximum absolute atomic E-state index is 12.1. The zero-order valence-corrected chi connectivity index (χ0v) is 12.1. The van der Waals surface area contributed by atoms with Crippen LogP contribution in [0.3, 0.4) is 0 Å². The number of nitrogens with zero attached hydrogens (tertiary/aromatic N) is 1. The van der Waals surface area contributed by atoms with Crippen LogP contribution in [0.4, 0.5) is 10.5 Å². The summed E-state index contributed by atoms with van der Waals surface area (Å²) >= 11 is 3.38. The second kappa shape index (κ2) is 5.61. The van der Waals surface area contributed by atoms with Gasteiger partial charge in [-0.1, -0.05) is 6.07 Å². The second-order valence-electron chi connectivity index (χ2n) is 4.60. The molecule has 1 atom stereocenters. The Morgan fingerprint density at radius 3 is 2.84 bits per heavy atom. The maximum atomic E-state index is 12.1. The summed E-state index contributed by atoms with van der Waals surface area (Å²) in [7, 11) is 0. The van der Waals surface area contributed by atoms with Gasteiger partial charge in [-0.05, 0) is 53.4 Å². The van der Waals surface area contributed by atoms with Crippen molar-refractivity contribution < 1.29 is 14.7 Å². The van der Waals surface area contributed by atoms with Crippen LogP contribution in [0.25, 0.3) is 0 Å². The van der Waals surface area contributed by atoms with Crippen LogP contribution in [0.2, 0.25) is 0 Å². The lowest BCUT2D eigenvalue weighted by atomic mass is 10.2. The lowest BCUT2D eigenvalue weighted by Crippen LogP contribution is -2.42. The van der Waals surface area contributed by atoms with Crippen LogP contribution >= 0.6 is 15.9 Å². The molecule has 1 aliphatic heterocycles. The van der Waals surface area contributed by atoms with Crippen LogP contribution in [0.15, 0.2) is 22.7 Å². The fourth-order valence-electron chi connectivity index (χ4n) is 2.18. The number of hydrogen-bond acceptors (Lipinski definition) is 2. The molecule has 6 heteroatoms. The molecular formula is C13H15BrN2O3. The molecule has 1 aliphatic rings. The summed E-state index contributed by atoms with van der Waals surface area (Å²) in [6.07, 6.45) is 1.23. The molecule has 1 aromatic carbocycles. The molecule has 0 radical (unpaired) electrons. The Bertz CT molecular complexity index is 519. The van der Waals surface area contributed by atoms with E-state index >= 15 is 0 Å². The summed E-state index contributed by atoms with van der Waals surface area (Å²) < 4.78 is 0.784. The number of anilines is 1. The van der Waals surface area contributed by atoms with Crippen molar-refractivity contribution in [1.82, 2.24) is 4.90 Å². The highest BCUT2D eigenvalue weighted by atomic mass is 79.9. The molecule has 0 bridgehead atoms. The number of nitrogens with one attached hydrogen (secondary N) is 1. The van der Waals surface area contributed by atoms with Gasteiger partial charge in [0, 0.05) is 11.0 Å². The number of carbonyl (C=O) groups excluding carboxylic acids is 1. The Labute approximate surface area is 119 Å². The number of benzene rings is 1. The molecule has 0 aromatic heterocycles. The van der Waals surface area contributed by atoms with E-state index in [2.05, 4.69) is 21.2 Å². The van der Waals surface area contributed by atoms with Gasteiger partial charge >= 0.3 is 12.0 Å². The number of halogens is 1. The first-order valence-corrected chi connectivity index (χ1v) is 6.85. The molecule has 0 spiro atoms. The molecular weight excluding hydrogens is 312 g/mol. The van der Waals surface area contributed by atoms with Gasteiger partial charge in [-0.2, -0.15) is 0 Å². The Kier molecular flexibility index (Phi) is 4.09.